The van der Waals surface area contributed by atoms with E-state index < -0.39 is 4.92 Å². The number of amides is 1. The molecule has 1 aliphatic rings. The van der Waals surface area contributed by atoms with Gasteiger partial charge in [-0.2, -0.15) is 0 Å². The number of benzene rings is 2. The van der Waals surface area contributed by atoms with E-state index in [0.29, 0.717) is 32.1 Å². The van der Waals surface area contributed by atoms with Crippen molar-refractivity contribution < 1.29 is 14.5 Å². The minimum absolute atomic E-state index is 0.0162. The maximum Gasteiger partial charge on any atom is 0.269 e. The van der Waals surface area contributed by atoms with E-state index >= 15 is 0 Å². The molecule has 0 atom stereocenters. The second kappa shape index (κ2) is 9.21. The Morgan fingerprint density at radius 1 is 1.28 bits per heavy atom. The van der Waals surface area contributed by atoms with Crippen molar-refractivity contribution in [2.75, 3.05) is 6.54 Å². The van der Waals surface area contributed by atoms with Crippen LogP contribution in [0.5, 0.6) is 5.75 Å². The number of thioether (sulfide) groups is 1. The lowest BCUT2D eigenvalue weighted by atomic mass is 10.1. The van der Waals surface area contributed by atoms with E-state index in [4.69, 9.17) is 28.6 Å². The number of halogens is 1. The van der Waals surface area contributed by atoms with E-state index in [2.05, 4.69) is 6.58 Å². The first-order chi connectivity index (χ1) is 13.9. The van der Waals surface area contributed by atoms with E-state index in [1.54, 1.807) is 42.5 Å². The zero-order chi connectivity index (χ0) is 21.0. The van der Waals surface area contributed by atoms with Gasteiger partial charge >= 0.3 is 0 Å². The van der Waals surface area contributed by atoms with Gasteiger partial charge in [0.2, 0.25) is 0 Å². The third-order valence-electron chi connectivity index (χ3n) is 3.99. The van der Waals surface area contributed by atoms with Crippen molar-refractivity contribution in [3.8, 4) is 5.75 Å². The van der Waals surface area contributed by atoms with Gasteiger partial charge in [0.1, 0.15) is 16.7 Å². The Bertz CT molecular complexity index is 1020. The highest BCUT2D eigenvalue weighted by Crippen LogP contribution is 2.35. The van der Waals surface area contributed by atoms with Crippen LogP contribution in [0.3, 0.4) is 0 Å². The average molecular weight is 447 g/mol. The van der Waals surface area contributed by atoms with E-state index in [9.17, 15) is 14.9 Å². The van der Waals surface area contributed by atoms with Crippen LogP contribution in [0.15, 0.2) is 60.0 Å². The molecule has 9 heteroatoms. The van der Waals surface area contributed by atoms with Crippen molar-refractivity contribution in [1.29, 1.82) is 0 Å². The first kappa shape index (κ1) is 21.0. The monoisotopic (exact) mass is 446 g/mol. The van der Waals surface area contributed by atoms with Gasteiger partial charge in [-0.1, -0.05) is 41.7 Å². The Balaban J connectivity index is 1.81. The zero-order valence-electron chi connectivity index (χ0n) is 15.0. The van der Waals surface area contributed by atoms with Crippen LogP contribution in [0.2, 0.25) is 5.02 Å². The molecule has 1 fully saturated rings. The Hall–Kier alpha value is -2.68. The summed E-state index contributed by atoms with van der Waals surface area (Å²) in [5.74, 6) is 0.336. The van der Waals surface area contributed by atoms with Crippen LogP contribution in [0.25, 0.3) is 6.08 Å². The molecule has 1 amide bonds. The smallest absolute Gasteiger partial charge is 0.269 e. The van der Waals surface area contributed by atoms with Crippen molar-refractivity contribution in [1.82, 2.24) is 4.90 Å². The Morgan fingerprint density at radius 3 is 2.66 bits per heavy atom. The molecule has 0 radical (unpaired) electrons. The third-order valence-corrected chi connectivity index (χ3v) is 5.60. The summed E-state index contributed by atoms with van der Waals surface area (Å²) < 4.78 is 6.34. The van der Waals surface area contributed by atoms with Gasteiger partial charge in [-0.25, -0.2) is 0 Å². The molecule has 0 unspecified atom stereocenters. The summed E-state index contributed by atoms with van der Waals surface area (Å²) in [5, 5.41) is 11.3. The summed E-state index contributed by atoms with van der Waals surface area (Å²) in [5.41, 5.74) is 1.43. The number of hydrogen-bond donors (Lipinski definition) is 0. The molecule has 0 aliphatic carbocycles. The predicted octanol–water partition coefficient (Wildman–Crippen LogP) is 5.21. The van der Waals surface area contributed by atoms with E-state index in [1.807, 2.05) is 0 Å². The van der Waals surface area contributed by atoms with Gasteiger partial charge in [-0.3, -0.25) is 19.8 Å². The maximum atomic E-state index is 12.5. The molecule has 1 heterocycles. The first-order valence-electron chi connectivity index (χ1n) is 8.41. The summed E-state index contributed by atoms with van der Waals surface area (Å²) in [6.45, 7) is 4.19. The summed E-state index contributed by atoms with van der Waals surface area (Å²) in [7, 11) is 0. The SMILES string of the molecule is C=CCN1C(=O)/C(=C/c2cc(Cl)ccc2OCc2ccc([N+](=O)[O-])cc2)SC1=S. The summed E-state index contributed by atoms with van der Waals surface area (Å²) in [4.78, 5) is 24.8. The van der Waals surface area contributed by atoms with E-state index in [0.717, 1.165) is 5.56 Å². The molecule has 0 bridgehead atoms. The van der Waals surface area contributed by atoms with E-state index in [-0.39, 0.29) is 18.2 Å². The van der Waals surface area contributed by atoms with Gasteiger partial charge in [-0.15, -0.1) is 6.58 Å². The van der Waals surface area contributed by atoms with Crippen LogP contribution < -0.4 is 4.74 Å². The number of nitro benzene ring substituents is 1. The number of nitrogens with zero attached hydrogens (tertiary/aromatic N) is 2. The number of carbonyl (C=O) groups is 1. The number of thiocarbonyl (C=S) groups is 1. The second-order valence-electron chi connectivity index (χ2n) is 5.98. The zero-order valence-corrected chi connectivity index (χ0v) is 17.4. The average Bonchev–Trinajstić information content (AvgIpc) is 2.95. The van der Waals surface area contributed by atoms with Crippen molar-refractivity contribution in [2.45, 2.75) is 6.61 Å². The Morgan fingerprint density at radius 2 is 2.00 bits per heavy atom. The molecule has 148 valence electrons. The molecular weight excluding hydrogens is 432 g/mol. The highest BCUT2D eigenvalue weighted by atomic mass is 35.5. The molecule has 29 heavy (non-hydrogen) atoms. The quantitative estimate of drug-likeness (QED) is 0.191. The van der Waals surface area contributed by atoms with Crippen LogP contribution in [0.4, 0.5) is 5.69 Å². The van der Waals surface area contributed by atoms with Crippen molar-refractivity contribution >= 4 is 57.6 Å². The van der Waals surface area contributed by atoms with Crippen LogP contribution in [0.1, 0.15) is 11.1 Å². The molecule has 0 spiro atoms. The number of nitro groups is 1. The largest absolute Gasteiger partial charge is 0.488 e. The van der Waals surface area contributed by atoms with Gasteiger partial charge in [0.25, 0.3) is 11.6 Å². The third kappa shape index (κ3) is 5.03. The van der Waals surface area contributed by atoms with Gasteiger partial charge in [0.15, 0.2) is 0 Å². The molecule has 2 aromatic rings. The fourth-order valence-corrected chi connectivity index (χ4v) is 4.01. The fraction of sp³-hybridized carbons (Fsp3) is 0.100. The van der Waals surface area contributed by atoms with Crippen molar-refractivity contribution in [2.24, 2.45) is 0 Å². The predicted molar refractivity (Wildman–Crippen MR) is 119 cm³/mol. The van der Waals surface area contributed by atoms with Crippen molar-refractivity contribution in [3.05, 3.63) is 86.3 Å². The summed E-state index contributed by atoms with van der Waals surface area (Å²) in [6, 6.07) is 11.2. The lowest BCUT2D eigenvalue weighted by molar-refractivity contribution is -0.384. The molecule has 0 aromatic heterocycles. The molecule has 0 saturated carbocycles. The first-order valence-corrected chi connectivity index (χ1v) is 10.0. The number of ether oxygens (including phenoxy) is 1. The van der Waals surface area contributed by atoms with Crippen LogP contribution >= 0.6 is 35.6 Å². The molecule has 1 aliphatic heterocycles. The Labute approximate surface area is 181 Å². The summed E-state index contributed by atoms with van der Waals surface area (Å²) >= 11 is 12.6. The summed E-state index contributed by atoms with van der Waals surface area (Å²) in [6.07, 6.45) is 3.31. The lowest BCUT2D eigenvalue weighted by Gasteiger charge is -2.11. The molecule has 6 nitrogen and oxygen atoms in total. The minimum Gasteiger partial charge on any atom is -0.488 e. The fourth-order valence-electron chi connectivity index (χ4n) is 2.57. The van der Waals surface area contributed by atoms with Crippen molar-refractivity contribution in [3.63, 3.8) is 0 Å². The molecular formula is C20H15ClN2O4S2. The van der Waals surface area contributed by atoms with Crippen LogP contribution in [-0.2, 0) is 11.4 Å². The highest BCUT2D eigenvalue weighted by Gasteiger charge is 2.31. The number of carbonyl (C=O) groups excluding carboxylic acids is 1. The lowest BCUT2D eigenvalue weighted by Crippen LogP contribution is -2.27. The van der Waals surface area contributed by atoms with Crippen LogP contribution in [0, 0.1) is 10.1 Å². The molecule has 1 saturated heterocycles. The van der Waals surface area contributed by atoms with Gasteiger partial charge < -0.3 is 4.74 Å². The Kier molecular flexibility index (Phi) is 6.68. The number of hydrogen-bond acceptors (Lipinski definition) is 6. The maximum absolute atomic E-state index is 12.5. The standard InChI is InChI=1S/C20H15ClN2O4S2/c1-2-9-22-19(24)18(29-20(22)28)11-14-10-15(21)5-8-17(14)27-12-13-3-6-16(7-4-13)23(25)26/h2-8,10-11H,1,9,12H2/b18-11-. The normalized spacial score (nSPS) is 15.1. The van der Waals surface area contributed by atoms with Gasteiger partial charge in [-0.05, 0) is 42.0 Å². The van der Waals surface area contributed by atoms with Gasteiger partial charge in [0.05, 0.1) is 9.83 Å². The highest BCUT2D eigenvalue weighted by molar-refractivity contribution is 8.26. The number of rotatable bonds is 7. The van der Waals surface area contributed by atoms with E-state index in [1.165, 1.54) is 28.8 Å². The molecule has 3 rings (SSSR count). The van der Waals surface area contributed by atoms with Crippen LogP contribution in [-0.4, -0.2) is 26.6 Å². The van der Waals surface area contributed by atoms with Gasteiger partial charge in [0, 0.05) is 29.3 Å². The molecule has 0 N–H and O–H groups in total. The second-order valence-corrected chi connectivity index (χ2v) is 8.09. The number of non-ortho nitro benzene ring substituents is 1. The molecule has 2 aromatic carbocycles. The topological polar surface area (TPSA) is 72.7 Å². The minimum atomic E-state index is -0.454.